The number of rotatable bonds is 4. The van der Waals surface area contributed by atoms with E-state index in [1.165, 1.54) is 0 Å². The summed E-state index contributed by atoms with van der Waals surface area (Å²) < 4.78 is 5.27. The van der Waals surface area contributed by atoms with Crippen LogP contribution in [0.4, 0.5) is 11.4 Å². The molecule has 19 heavy (non-hydrogen) atoms. The van der Waals surface area contributed by atoms with E-state index in [1.54, 1.807) is 0 Å². The summed E-state index contributed by atoms with van der Waals surface area (Å²) in [6.45, 7) is 1.77. The highest BCUT2D eigenvalue weighted by molar-refractivity contribution is 5.83. The van der Waals surface area contributed by atoms with Crippen LogP contribution in [0.15, 0.2) is 24.3 Å². The SMILES string of the molecule is CN(CC(=O)NC1CCOCC1)c1ccccc1N. The van der Waals surface area contributed by atoms with Gasteiger partial charge in [-0.05, 0) is 25.0 Å². The highest BCUT2D eigenvalue weighted by Gasteiger charge is 2.17. The lowest BCUT2D eigenvalue weighted by atomic mass is 10.1. The molecule has 1 fully saturated rings. The molecule has 0 saturated carbocycles. The maximum Gasteiger partial charge on any atom is 0.239 e. The van der Waals surface area contributed by atoms with Gasteiger partial charge in [0.2, 0.25) is 5.91 Å². The maximum atomic E-state index is 12.0. The predicted octanol–water partition coefficient (Wildman–Crippen LogP) is 1.00. The predicted molar refractivity (Wildman–Crippen MR) is 76.1 cm³/mol. The Bertz CT molecular complexity index is 430. The van der Waals surface area contributed by atoms with Crippen LogP contribution < -0.4 is 16.0 Å². The van der Waals surface area contributed by atoms with Crippen molar-refractivity contribution in [1.82, 2.24) is 5.32 Å². The largest absolute Gasteiger partial charge is 0.397 e. The Morgan fingerprint density at radius 1 is 1.42 bits per heavy atom. The molecular formula is C14H21N3O2. The molecule has 3 N–H and O–H groups in total. The Morgan fingerprint density at radius 2 is 2.11 bits per heavy atom. The summed E-state index contributed by atoms with van der Waals surface area (Å²) >= 11 is 0. The third-order valence-electron chi connectivity index (χ3n) is 3.32. The Morgan fingerprint density at radius 3 is 2.79 bits per heavy atom. The van der Waals surface area contributed by atoms with Crippen molar-refractivity contribution in [2.75, 3.05) is 37.4 Å². The van der Waals surface area contributed by atoms with Crippen LogP contribution in [0.5, 0.6) is 0 Å². The van der Waals surface area contributed by atoms with E-state index < -0.39 is 0 Å². The highest BCUT2D eigenvalue weighted by Crippen LogP contribution is 2.20. The van der Waals surface area contributed by atoms with E-state index in [9.17, 15) is 4.79 Å². The van der Waals surface area contributed by atoms with Crippen LogP contribution in [0, 0.1) is 0 Å². The number of benzene rings is 1. The van der Waals surface area contributed by atoms with Crippen molar-refractivity contribution >= 4 is 17.3 Å². The number of carbonyl (C=O) groups excluding carboxylic acids is 1. The lowest BCUT2D eigenvalue weighted by Gasteiger charge is -2.25. The molecule has 5 heteroatoms. The lowest BCUT2D eigenvalue weighted by Crippen LogP contribution is -2.43. The number of nitrogen functional groups attached to an aromatic ring is 1. The molecule has 1 aliphatic rings. The third-order valence-corrected chi connectivity index (χ3v) is 3.32. The number of likely N-dealkylation sites (N-methyl/N-ethyl adjacent to an activating group) is 1. The van der Waals surface area contributed by atoms with Crippen LogP contribution in [0.2, 0.25) is 0 Å². The molecule has 0 bridgehead atoms. The molecule has 104 valence electrons. The van der Waals surface area contributed by atoms with Crippen molar-refractivity contribution in [1.29, 1.82) is 0 Å². The Hall–Kier alpha value is -1.75. The molecular weight excluding hydrogens is 242 g/mol. The zero-order valence-corrected chi connectivity index (χ0v) is 11.3. The lowest BCUT2D eigenvalue weighted by molar-refractivity contribution is -0.121. The smallest absolute Gasteiger partial charge is 0.239 e. The van der Waals surface area contributed by atoms with Crippen molar-refractivity contribution in [3.05, 3.63) is 24.3 Å². The molecule has 2 rings (SSSR count). The Kier molecular flexibility index (Phi) is 4.63. The minimum atomic E-state index is 0.0256. The minimum absolute atomic E-state index is 0.0256. The van der Waals surface area contributed by atoms with Gasteiger partial charge >= 0.3 is 0 Å². The number of anilines is 2. The summed E-state index contributed by atoms with van der Waals surface area (Å²) in [5.74, 6) is 0.0256. The quantitative estimate of drug-likeness (QED) is 0.795. The molecule has 1 heterocycles. The van der Waals surface area contributed by atoms with Crippen LogP contribution in [0.1, 0.15) is 12.8 Å². The van der Waals surface area contributed by atoms with E-state index in [0.29, 0.717) is 12.2 Å². The van der Waals surface area contributed by atoms with Crippen LogP contribution >= 0.6 is 0 Å². The van der Waals surface area contributed by atoms with Gasteiger partial charge in [0, 0.05) is 26.3 Å². The average Bonchev–Trinajstić information content (AvgIpc) is 2.40. The first-order chi connectivity index (χ1) is 9.16. The molecule has 1 saturated heterocycles. The van der Waals surface area contributed by atoms with E-state index in [0.717, 1.165) is 31.7 Å². The number of carbonyl (C=O) groups is 1. The van der Waals surface area contributed by atoms with Crippen molar-refractivity contribution in [3.63, 3.8) is 0 Å². The zero-order chi connectivity index (χ0) is 13.7. The van der Waals surface area contributed by atoms with Gasteiger partial charge in [-0.1, -0.05) is 12.1 Å². The Labute approximate surface area is 113 Å². The van der Waals surface area contributed by atoms with Crippen molar-refractivity contribution in [2.24, 2.45) is 0 Å². The first-order valence-corrected chi connectivity index (χ1v) is 6.59. The first kappa shape index (κ1) is 13.7. The molecule has 0 atom stereocenters. The van der Waals surface area contributed by atoms with Gasteiger partial charge in [0.25, 0.3) is 0 Å². The average molecular weight is 263 g/mol. The number of nitrogens with zero attached hydrogens (tertiary/aromatic N) is 1. The number of ether oxygens (including phenoxy) is 1. The molecule has 1 aromatic carbocycles. The summed E-state index contributed by atoms with van der Waals surface area (Å²) in [5.41, 5.74) is 7.45. The number of nitrogens with two attached hydrogens (primary N) is 1. The molecule has 1 aliphatic heterocycles. The molecule has 5 nitrogen and oxygen atoms in total. The number of para-hydroxylation sites is 2. The maximum absolute atomic E-state index is 12.0. The molecule has 1 amide bonds. The summed E-state index contributed by atoms with van der Waals surface area (Å²) in [5, 5.41) is 3.04. The molecule has 0 aliphatic carbocycles. The van der Waals surface area contributed by atoms with Gasteiger partial charge in [-0.25, -0.2) is 0 Å². The monoisotopic (exact) mass is 263 g/mol. The number of amides is 1. The summed E-state index contributed by atoms with van der Waals surface area (Å²) in [7, 11) is 1.87. The van der Waals surface area contributed by atoms with Gasteiger partial charge in [0.1, 0.15) is 0 Å². The van der Waals surface area contributed by atoms with Gasteiger partial charge in [0.15, 0.2) is 0 Å². The van der Waals surface area contributed by atoms with Gasteiger partial charge in [-0.2, -0.15) is 0 Å². The van der Waals surface area contributed by atoms with E-state index in [2.05, 4.69) is 5.32 Å². The van der Waals surface area contributed by atoms with E-state index in [-0.39, 0.29) is 11.9 Å². The highest BCUT2D eigenvalue weighted by atomic mass is 16.5. The Balaban J connectivity index is 1.86. The second-order valence-electron chi connectivity index (χ2n) is 4.87. The van der Waals surface area contributed by atoms with Crippen molar-refractivity contribution in [2.45, 2.75) is 18.9 Å². The molecule has 0 radical (unpaired) electrons. The van der Waals surface area contributed by atoms with Crippen LogP contribution in [-0.2, 0) is 9.53 Å². The second kappa shape index (κ2) is 6.43. The number of nitrogens with one attached hydrogen (secondary N) is 1. The first-order valence-electron chi connectivity index (χ1n) is 6.59. The van der Waals surface area contributed by atoms with Gasteiger partial charge in [-0.15, -0.1) is 0 Å². The van der Waals surface area contributed by atoms with Crippen LogP contribution in [-0.4, -0.2) is 38.8 Å². The summed E-state index contributed by atoms with van der Waals surface area (Å²) in [4.78, 5) is 13.8. The van der Waals surface area contributed by atoms with E-state index in [4.69, 9.17) is 10.5 Å². The van der Waals surface area contributed by atoms with Crippen molar-refractivity contribution in [3.8, 4) is 0 Å². The van der Waals surface area contributed by atoms with Crippen LogP contribution in [0.25, 0.3) is 0 Å². The van der Waals surface area contributed by atoms with Crippen molar-refractivity contribution < 1.29 is 9.53 Å². The summed E-state index contributed by atoms with van der Waals surface area (Å²) in [6.07, 6.45) is 1.78. The zero-order valence-electron chi connectivity index (χ0n) is 11.3. The normalized spacial score (nSPS) is 16.1. The minimum Gasteiger partial charge on any atom is -0.397 e. The second-order valence-corrected chi connectivity index (χ2v) is 4.87. The van der Waals surface area contributed by atoms with Gasteiger partial charge in [-0.3, -0.25) is 4.79 Å². The number of hydrogen-bond donors (Lipinski definition) is 2. The molecule has 0 spiro atoms. The van der Waals surface area contributed by atoms with E-state index >= 15 is 0 Å². The fourth-order valence-electron chi connectivity index (χ4n) is 2.25. The molecule has 0 aromatic heterocycles. The van der Waals surface area contributed by atoms with Gasteiger partial charge < -0.3 is 20.7 Å². The number of hydrogen-bond acceptors (Lipinski definition) is 4. The molecule has 0 unspecified atom stereocenters. The summed E-state index contributed by atoms with van der Waals surface area (Å²) in [6, 6.07) is 7.79. The molecule has 1 aromatic rings. The topological polar surface area (TPSA) is 67.6 Å². The fourth-order valence-corrected chi connectivity index (χ4v) is 2.25. The van der Waals surface area contributed by atoms with Gasteiger partial charge in [0.05, 0.1) is 17.9 Å². The standard InChI is InChI=1S/C14H21N3O2/c1-17(13-5-3-2-4-12(13)15)10-14(18)16-11-6-8-19-9-7-11/h2-5,11H,6-10,15H2,1H3,(H,16,18). The van der Waals surface area contributed by atoms with E-state index in [1.807, 2.05) is 36.2 Å². The fraction of sp³-hybridized carbons (Fsp3) is 0.500. The van der Waals surface area contributed by atoms with Crippen LogP contribution in [0.3, 0.4) is 0 Å². The third kappa shape index (κ3) is 3.86.